The van der Waals surface area contributed by atoms with Gasteiger partial charge in [0.25, 0.3) is 5.56 Å². The van der Waals surface area contributed by atoms with E-state index in [0.29, 0.717) is 29.5 Å². The van der Waals surface area contributed by atoms with Crippen molar-refractivity contribution in [3.05, 3.63) is 58.5 Å². The Morgan fingerprint density at radius 1 is 1.10 bits per heavy atom. The second-order valence-electron chi connectivity index (χ2n) is 8.02. The summed E-state index contributed by atoms with van der Waals surface area (Å²) in [6.07, 6.45) is 6.54. The van der Waals surface area contributed by atoms with Gasteiger partial charge in [-0.2, -0.15) is 0 Å². The molecule has 0 bridgehead atoms. The Hall–Kier alpha value is -2.12. The summed E-state index contributed by atoms with van der Waals surface area (Å²) in [6, 6.07) is 11.0. The number of ether oxygens (including phenoxy) is 1. The molecule has 29 heavy (non-hydrogen) atoms. The highest BCUT2D eigenvalue weighted by Gasteiger charge is 2.29. The van der Waals surface area contributed by atoms with Crippen LogP contribution in [0.5, 0.6) is 0 Å². The van der Waals surface area contributed by atoms with Crippen molar-refractivity contribution >= 4 is 15.5 Å². The van der Waals surface area contributed by atoms with E-state index in [1.54, 1.807) is 18.3 Å². The van der Waals surface area contributed by atoms with Crippen molar-refractivity contribution in [2.24, 2.45) is 5.92 Å². The molecule has 1 saturated heterocycles. The summed E-state index contributed by atoms with van der Waals surface area (Å²) in [5, 5.41) is 0. The molecule has 4 rings (SSSR count). The van der Waals surface area contributed by atoms with E-state index in [0.717, 1.165) is 24.9 Å². The number of aromatic amines is 1. The molecule has 2 heterocycles. The van der Waals surface area contributed by atoms with Gasteiger partial charge in [0.15, 0.2) is 9.84 Å². The number of anilines is 1. The second kappa shape index (κ2) is 8.71. The zero-order valence-electron chi connectivity index (χ0n) is 16.5. The van der Waals surface area contributed by atoms with Crippen LogP contribution in [-0.2, 0) is 21.0 Å². The molecule has 0 radical (unpaired) electrons. The van der Waals surface area contributed by atoms with Crippen molar-refractivity contribution < 1.29 is 13.2 Å². The summed E-state index contributed by atoms with van der Waals surface area (Å²) in [6.45, 7) is 1.71. The number of hydrogen-bond donors (Lipinski definition) is 1. The molecule has 2 aromatic rings. The van der Waals surface area contributed by atoms with E-state index in [-0.39, 0.29) is 24.0 Å². The lowest BCUT2D eigenvalue weighted by atomic mass is 10.0. The third-order valence-electron chi connectivity index (χ3n) is 5.79. The number of sulfone groups is 1. The van der Waals surface area contributed by atoms with Gasteiger partial charge in [-0.15, -0.1) is 0 Å². The number of benzene rings is 1. The highest BCUT2D eigenvalue weighted by atomic mass is 32.2. The fourth-order valence-corrected chi connectivity index (χ4v) is 5.44. The number of rotatable bonds is 9. The van der Waals surface area contributed by atoms with E-state index in [4.69, 9.17) is 4.74 Å². The van der Waals surface area contributed by atoms with Gasteiger partial charge < -0.3 is 14.6 Å². The topological polar surface area (TPSA) is 79.5 Å². The molecule has 1 atom stereocenters. The van der Waals surface area contributed by atoms with Crippen molar-refractivity contribution in [1.29, 1.82) is 0 Å². The predicted octanol–water partition coefficient (Wildman–Crippen LogP) is 2.79. The second-order valence-corrected chi connectivity index (χ2v) is 10.1. The van der Waals surface area contributed by atoms with Crippen LogP contribution in [0.15, 0.2) is 52.3 Å². The van der Waals surface area contributed by atoms with Crippen LogP contribution < -0.4 is 10.5 Å². The van der Waals surface area contributed by atoms with Gasteiger partial charge in [-0.25, -0.2) is 8.42 Å². The largest absolute Gasteiger partial charge is 0.380 e. The molecule has 1 aliphatic carbocycles. The molecule has 0 spiro atoms. The fraction of sp³-hybridized carbons (Fsp3) is 0.500. The van der Waals surface area contributed by atoms with Crippen LogP contribution in [0.1, 0.15) is 31.2 Å². The lowest BCUT2D eigenvalue weighted by Gasteiger charge is -2.26. The Morgan fingerprint density at radius 2 is 1.93 bits per heavy atom. The first-order chi connectivity index (χ1) is 14.0. The van der Waals surface area contributed by atoms with Gasteiger partial charge in [-0.3, -0.25) is 4.79 Å². The Morgan fingerprint density at radius 3 is 2.72 bits per heavy atom. The zero-order valence-corrected chi connectivity index (χ0v) is 17.4. The van der Waals surface area contributed by atoms with Gasteiger partial charge in [0.05, 0.1) is 17.3 Å². The first kappa shape index (κ1) is 20.2. The van der Waals surface area contributed by atoms with Crippen LogP contribution >= 0.6 is 0 Å². The molecule has 1 aliphatic heterocycles. The third-order valence-corrected chi connectivity index (χ3v) is 7.57. The van der Waals surface area contributed by atoms with Gasteiger partial charge >= 0.3 is 0 Å². The number of nitrogens with one attached hydrogen (secondary N) is 1. The number of H-pyrrole nitrogens is 1. The van der Waals surface area contributed by atoms with Gasteiger partial charge in [0.1, 0.15) is 5.69 Å². The van der Waals surface area contributed by atoms with Gasteiger partial charge in [0.2, 0.25) is 0 Å². The van der Waals surface area contributed by atoms with Crippen molar-refractivity contribution in [3.63, 3.8) is 0 Å². The van der Waals surface area contributed by atoms with Gasteiger partial charge in [0, 0.05) is 25.4 Å². The minimum Gasteiger partial charge on any atom is -0.380 e. The fourth-order valence-electron chi connectivity index (χ4n) is 4.05. The lowest BCUT2D eigenvalue weighted by molar-refractivity contribution is 0.138. The Bertz CT molecular complexity index is 998. The molecule has 1 saturated carbocycles. The molecular formula is C22H28N2O4S. The highest BCUT2D eigenvalue weighted by Crippen LogP contribution is 2.29. The van der Waals surface area contributed by atoms with Crippen LogP contribution in [0, 0.1) is 5.92 Å². The van der Waals surface area contributed by atoms with E-state index in [1.807, 2.05) is 24.3 Å². The molecule has 1 aromatic heterocycles. The van der Waals surface area contributed by atoms with E-state index < -0.39 is 9.84 Å². The van der Waals surface area contributed by atoms with Crippen LogP contribution in [-0.4, -0.2) is 45.0 Å². The summed E-state index contributed by atoms with van der Waals surface area (Å²) in [5.41, 5.74) is 1.37. The SMILES string of the molecule is O=c1[nH]cccc1N1CCCC1Cc1ccccc1S(=O)(=O)CCOCC1CC1. The summed E-state index contributed by atoms with van der Waals surface area (Å²) in [7, 11) is -3.41. The predicted molar refractivity (Wildman–Crippen MR) is 113 cm³/mol. The molecule has 1 unspecified atom stereocenters. The van der Waals surface area contributed by atoms with Crippen LogP contribution in [0.2, 0.25) is 0 Å². The molecule has 1 aromatic carbocycles. The maximum absolute atomic E-state index is 12.9. The Labute approximate surface area is 171 Å². The smallest absolute Gasteiger partial charge is 0.271 e. The highest BCUT2D eigenvalue weighted by molar-refractivity contribution is 7.91. The summed E-state index contributed by atoms with van der Waals surface area (Å²) in [4.78, 5) is 17.5. The van der Waals surface area contributed by atoms with E-state index in [9.17, 15) is 13.2 Å². The molecule has 1 N–H and O–H groups in total. The van der Waals surface area contributed by atoms with Crippen molar-refractivity contribution in [1.82, 2.24) is 4.98 Å². The van der Waals surface area contributed by atoms with E-state index in [2.05, 4.69) is 9.88 Å². The van der Waals surface area contributed by atoms with Gasteiger partial charge in [-0.1, -0.05) is 18.2 Å². The zero-order chi connectivity index (χ0) is 20.3. The summed E-state index contributed by atoms with van der Waals surface area (Å²) >= 11 is 0. The monoisotopic (exact) mass is 416 g/mol. The number of pyridine rings is 1. The maximum Gasteiger partial charge on any atom is 0.271 e. The number of hydrogen-bond acceptors (Lipinski definition) is 5. The van der Waals surface area contributed by atoms with Crippen molar-refractivity contribution in [2.45, 2.75) is 43.0 Å². The van der Waals surface area contributed by atoms with Crippen LogP contribution in [0.25, 0.3) is 0 Å². The minimum absolute atomic E-state index is 0.00344. The molecule has 156 valence electrons. The molecular weight excluding hydrogens is 388 g/mol. The maximum atomic E-state index is 12.9. The van der Waals surface area contributed by atoms with Crippen molar-refractivity contribution in [3.8, 4) is 0 Å². The van der Waals surface area contributed by atoms with Crippen molar-refractivity contribution in [2.75, 3.05) is 30.4 Å². The Kier molecular flexibility index (Phi) is 6.06. The molecule has 0 amide bonds. The standard InChI is InChI=1S/C22H28N2O4S/c25-22-20(7-3-11-23-22)24-12-4-6-19(24)15-18-5-1-2-8-21(18)29(26,27)14-13-28-16-17-9-10-17/h1-3,5,7-8,11,17,19H,4,6,9-10,12-16H2,(H,23,25). The van der Waals surface area contributed by atoms with Crippen LogP contribution in [0.4, 0.5) is 5.69 Å². The summed E-state index contributed by atoms with van der Waals surface area (Å²) < 4.78 is 31.4. The number of aromatic nitrogens is 1. The van der Waals surface area contributed by atoms with E-state index in [1.165, 1.54) is 12.8 Å². The molecule has 2 aliphatic rings. The molecule has 7 heteroatoms. The average molecular weight is 417 g/mol. The normalized spacial score (nSPS) is 19.6. The molecule has 6 nitrogen and oxygen atoms in total. The van der Waals surface area contributed by atoms with Gasteiger partial charge in [-0.05, 0) is 61.8 Å². The molecule has 2 fully saturated rings. The quantitative estimate of drug-likeness (QED) is 0.636. The lowest BCUT2D eigenvalue weighted by Crippen LogP contribution is -2.35. The first-order valence-corrected chi connectivity index (χ1v) is 12.0. The third kappa shape index (κ3) is 4.90. The Balaban J connectivity index is 1.49. The van der Waals surface area contributed by atoms with Crippen LogP contribution in [0.3, 0.4) is 0 Å². The average Bonchev–Trinajstić information content (AvgIpc) is 3.43. The van der Waals surface area contributed by atoms with E-state index >= 15 is 0 Å². The number of nitrogens with zero attached hydrogens (tertiary/aromatic N) is 1. The summed E-state index contributed by atoms with van der Waals surface area (Å²) in [5.74, 6) is 0.628. The minimum atomic E-state index is -3.41. The first-order valence-electron chi connectivity index (χ1n) is 10.4.